The summed E-state index contributed by atoms with van der Waals surface area (Å²) in [7, 11) is 0. The lowest BCUT2D eigenvalue weighted by molar-refractivity contribution is -0.122. The van der Waals surface area contributed by atoms with Crippen LogP contribution in [0.3, 0.4) is 0 Å². The molecule has 2 nitrogen and oxygen atoms in total. The highest BCUT2D eigenvalue weighted by Gasteiger charge is 2.21. The highest BCUT2D eigenvalue weighted by Crippen LogP contribution is 2.26. The summed E-state index contributed by atoms with van der Waals surface area (Å²) in [6, 6.07) is 10.2. The van der Waals surface area contributed by atoms with Gasteiger partial charge in [0.25, 0.3) is 0 Å². The van der Waals surface area contributed by atoms with Gasteiger partial charge in [0, 0.05) is 16.9 Å². The third kappa shape index (κ3) is 3.79. The molecule has 0 unspecified atom stereocenters. The van der Waals surface area contributed by atoms with Crippen molar-refractivity contribution in [1.29, 1.82) is 0 Å². The molecule has 3 heteroatoms. The molecule has 1 aromatic carbocycles. The lowest BCUT2D eigenvalue weighted by Gasteiger charge is -2.11. The number of carbonyl (C=O) groups is 1. The minimum absolute atomic E-state index is 0.275. The van der Waals surface area contributed by atoms with Crippen LogP contribution in [0.1, 0.15) is 43.5 Å². The third-order valence-electron chi connectivity index (χ3n) is 4.26. The predicted molar refractivity (Wildman–Crippen MR) is 87.5 cm³/mol. The molecule has 0 atom stereocenters. The number of aromatic nitrogens is 1. The summed E-state index contributed by atoms with van der Waals surface area (Å²) in [5, 5.41) is 3.02. The molecule has 1 aromatic heterocycles. The Morgan fingerprint density at radius 3 is 2.52 bits per heavy atom. The third-order valence-corrected chi connectivity index (χ3v) is 5.11. The predicted octanol–water partition coefficient (Wildman–Crippen LogP) is 4.89. The normalized spacial score (nSPS) is 16.6. The van der Waals surface area contributed by atoms with Crippen LogP contribution in [-0.4, -0.2) is 10.8 Å². The molecule has 0 spiro atoms. The molecule has 0 amide bonds. The van der Waals surface area contributed by atoms with Gasteiger partial charge in [0.05, 0.1) is 12.1 Å². The fraction of sp³-hybridized carbons (Fsp3) is 0.444. The first-order valence-corrected chi connectivity index (χ1v) is 8.73. The van der Waals surface area contributed by atoms with Crippen LogP contribution in [-0.2, 0) is 11.2 Å². The molecule has 0 aliphatic heterocycles. The molecule has 1 heterocycles. The first-order valence-electron chi connectivity index (χ1n) is 7.85. The van der Waals surface area contributed by atoms with Crippen molar-refractivity contribution in [3.8, 4) is 11.3 Å². The summed E-state index contributed by atoms with van der Waals surface area (Å²) < 4.78 is 0. The zero-order valence-electron chi connectivity index (χ0n) is 12.3. The molecule has 0 bridgehead atoms. The van der Waals surface area contributed by atoms with Gasteiger partial charge in [0.15, 0.2) is 0 Å². The van der Waals surface area contributed by atoms with Gasteiger partial charge in [-0.05, 0) is 12.8 Å². The Balaban J connectivity index is 1.65. The number of carbonyl (C=O) groups excluding carboxylic acids is 1. The monoisotopic (exact) mass is 299 g/mol. The van der Waals surface area contributed by atoms with Gasteiger partial charge < -0.3 is 0 Å². The van der Waals surface area contributed by atoms with Crippen molar-refractivity contribution in [3.05, 3.63) is 40.7 Å². The van der Waals surface area contributed by atoms with Crippen molar-refractivity contribution in [2.24, 2.45) is 5.92 Å². The first-order chi connectivity index (χ1) is 10.3. The first kappa shape index (κ1) is 14.5. The molecule has 3 rings (SSSR count). The van der Waals surface area contributed by atoms with E-state index in [1.165, 1.54) is 25.7 Å². The lowest BCUT2D eigenvalue weighted by Crippen LogP contribution is -2.16. The summed E-state index contributed by atoms with van der Waals surface area (Å²) in [6.45, 7) is 0. The van der Waals surface area contributed by atoms with Gasteiger partial charge in [-0.25, -0.2) is 4.98 Å². The number of hydrogen-bond acceptors (Lipinski definition) is 3. The maximum absolute atomic E-state index is 12.4. The number of Topliss-reactive ketones (excluding diaryl/α,β-unsaturated/α-hetero) is 1. The van der Waals surface area contributed by atoms with E-state index < -0.39 is 0 Å². The summed E-state index contributed by atoms with van der Waals surface area (Å²) in [5.41, 5.74) is 2.12. The number of nitrogens with zero attached hydrogens (tertiary/aromatic N) is 1. The Morgan fingerprint density at radius 1 is 1.10 bits per heavy atom. The summed E-state index contributed by atoms with van der Waals surface area (Å²) in [4.78, 5) is 17.1. The van der Waals surface area contributed by atoms with E-state index in [0.717, 1.165) is 29.1 Å². The standard InChI is InChI=1S/C18H21NOS/c20-17(15-10-4-1-2-5-11-15)12-18-19-16(13-21-18)14-8-6-3-7-9-14/h3,6-9,13,15H,1-2,4-5,10-12H2. The maximum atomic E-state index is 12.4. The fourth-order valence-electron chi connectivity index (χ4n) is 3.03. The van der Waals surface area contributed by atoms with Crippen LogP contribution in [0, 0.1) is 5.92 Å². The Kier molecular flexibility index (Phi) is 4.81. The number of thiazole rings is 1. The van der Waals surface area contributed by atoms with E-state index in [2.05, 4.69) is 22.5 Å². The van der Waals surface area contributed by atoms with E-state index in [1.54, 1.807) is 11.3 Å². The van der Waals surface area contributed by atoms with E-state index in [4.69, 9.17) is 0 Å². The Morgan fingerprint density at radius 2 is 1.81 bits per heavy atom. The van der Waals surface area contributed by atoms with Gasteiger partial charge in [-0.15, -0.1) is 11.3 Å². The molecular weight excluding hydrogens is 278 g/mol. The average molecular weight is 299 g/mol. The second kappa shape index (κ2) is 6.99. The van der Waals surface area contributed by atoms with Crippen LogP contribution < -0.4 is 0 Å². The Hall–Kier alpha value is -1.48. The highest BCUT2D eigenvalue weighted by atomic mass is 32.1. The Labute approximate surface area is 130 Å². The van der Waals surface area contributed by atoms with Crippen LogP contribution in [0.15, 0.2) is 35.7 Å². The van der Waals surface area contributed by atoms with Crippen LogP contribution >= 0.6 is 11.3 Å². The van der Waals surface area contributed by atoms with E-state index in [1.807, 2.05) is 18.2 Å². The highest BCUT2D eigenvalue weighted by molar-refractivity contribution is 7.10. The van der Waals surface area contributed by atoms with Crippen LogP contribution in [0.5, 0.6) is 0 Å². The quantitative estimate of drug-likeness (QED) is 0.752. The van der Waals surface area contributed by atoms with Crippen molar-refractivity contribution in [1.82, 2.24) is 4.98 Å². The van der Waals surface area contributed by atoms with Gasteiger partial charge >= 0.3 is 0 Å². The lowest BCUT2D eigenvalue weighted by atomic mass is 9.94. The van der Waals surface area contributed by atoms with Crippen molar-refractivity contribution in [3.63, 3.8) is 0 Å². The zero-order chi connectivity index (χ0) is 14.5. The second-order valence-corrected chi connectivity index (χ2v) is 6.77. The van der Waals surface area contributed by atoms with Crippen LogP contribution in [0.4, 0.5) is 0 Å². The molecule has 2 aromatic rings. The number of ketones is 1. The molecule has 0 N–H and O–H groups in total. The van der Waals surface area contributed by atoms with E-state index in [9.17, 15) is 4.79 Å². The van der Waals surface area contributed by atoms with Crippen molar-refractivity contribution in [2.75, 3.05) is 0 Å². The molecule has 0 radical (unpaired) electrons. The number of benzene rings is 1. The molecule has 1 saturated carbocycles. The van der Waals surface area contributed by atoms with Crippen LogP contribution in [0.2, 0.25) is 0 Å². The average Bonchev–Trinajstić information content (AvgIpc) is 2.81. The molecule has 21 heavy (non-hydrogen) atoms. The molecule has 1 aliphatic rings. The second-order valence-electron chi connectivity index (χ2n) is 5.82. The molecule has 0 saturated heterocycles. The smallest absolute Gasteiger partial charge is 0.142 e. The van der Waals surface area contributed by atoms with Crippen molar-refractivity contribution in [2.45, 2.75) is 44.9 Å². The molecular formula is C18H21NOS. The van der Waals surface area contributed by atoms with E-state index >= 15 is 0 Å². The summed E-state index contributed by atoms with van der Waals surface area (Å²) in [6.07, 6.45) is 7.68. The number of hydrogen-bond donors (Lipinski definition) is 0. The van der Waals surface area contributed by atoms with Crippen LogP contribution in [0.25, 0.3) is 11.3 Å². The molecule has 1 aliphatic carbocycles. The number of rotatable bonds is 4. The summed E-state index contributed by atoms with van der Waals surface area (Å²) in [5.74, 6) is 0.669. The summed E-state index contributed by atoms with van der Waals surface area (Å²) >= 11 is 1.61. The minimum atomic E-state index is 0.275. The fourth-order valence-corrected chi connectivity index (χ4v) is 3.84. The largest absolute Gasteiger partial charge is 0.299 e. The Bertz CT molecular complexity index is 582. The molecule has 110 valence electrons. The minimum Gasteiger partial charge on any atom is -0.299 e. The van der Waals surface area contributed by atoms with Gasteiger partial charge in [-0.2, -0.15) is 0 Å². The molecule has 1 fully saturated rings. The van der Waals surface area contributed by atoms with Gasteiger partial charge in [0.2, 0.25) is 0 Å². The van der Waals surface area contributed by atoms with Gasteiger partial charge in [-0.3, -0.25) is 4.79 Å². The zero-order valence-corrected chi connectivity index (χ0v) is 13.1. The van der Waals surface area contributed by atoms with Crippen molar-refractivity contribution >= 4 is 17.1 Å². The van der Waals surface area contributed by atoms with E-state index in [-0.39, 0.29) is 5.92 Å². The van der Waals surface area contributed by atoms with Gasteiger partial charge in [0.1, 0.15) is 10.8 Å². The topological polar surface area (TPSA) is 30.0 Å². The van der Waals surface area contributed by atoms with E-state index in [0.29, 0.717) is 12.2 Å². The van der Waals surface area contributed by atoms with Crippen molar-refractivity contribution < 1.29 is 4.79 Å². The SMILES string of the molecule is O=C(Cc1nc(-c2ccccc2)cs1)C1CCCCCC1. The maximum Gasteiger partial charge on any atom is 0.142 e. The van der Waals surface area contributed by atoms with Gasteiger partial charge in [-0.1, -0.05) is 56.0 Å².